The topological polar surface area (TPSA) is 166 Å². The number of ketones is 1. The van der Waals surface area contributed by atoms with Crippen LogP contribution in [0.3, 0.4) is 0 Å². The number of hydrogen-bond acceptors (Lipinski definition) is 10. The molecule has 2 aliphatic carbocycles. The number of halogens is 5. The van der Waals surface area contributed by atoms with E-state index in [0.717, 1.165) is 13.8 Å². The van der Waals surface area contributed by atoms with Gasteiger partial charge in [0.25, 0.3) is 0 Å². The van der Waals surface area contributed by atoms with Gasteiger partial charge < -0.3 is 14.4 Å². The molecule has 0 unspecified atom stereocenters. The van der Waals surface area contributed by atoms with Crippen LogP contribution in [0.15, 0.2) is 42.7 Å². The molecule has 0 bridgehead atoms. The molecule has 7 rings (SSSR count). The number of amides is 2. The van der Waals surface area contributed by atoms with Gasteiger partial charge in [-0.3, -0.25) is 28.3 Å². The number of rotatable bonds is 9. The Labute approximate surface area is 349 Å². The minimum atomic E-state index is -4.89. The number of fused-ring (bicyclic) bond motifs is 5. The Balaban J connectivity index is 1.25. The van der Waals surface area contributed by atoms with Crippen LogP contribution >= 0.6 is 11.6 Å². The summed E-state index contributed by atoms with van der Waals surface area (Å²) in [4.78, 5) is 67.0. The molecular weight excluding hydrogens is 834 g/mol. The molecular formula is C41H48ClF4N5O8S. The van der Waals surface area contributed by atoms with Crippen LogP contribution in [0.4, 0.5) is 17.6 Å². The van der Waals surface area contributed by atoms with Gasteiger partial charge in [-0.2, -0.15) is 18.2 Å². The van der Waals surface area contributed by atoms with Crippen molar-refractivity contribution >= 4 is 61.9 Å². The molecule has 2 aliphatic heterocycles. The van der Waals surface area contributed by atoms with Crippen LogP contribution in [0.2, 0.25) is 5.02 Å². The van der Waals surface area contributed by atoms with E-state index in [4.69, 9.17) is 21.1 Å². The number of aromatic nitrogens is 3. The van der Waals surface area contributed by atoms with Gasteiger partial charge in [0, 0.05) is 30.3 Å². The molecule has 2 amide bonds. The Kier molecular flexibility index (Phi) is 11.6. The standard InChI is InChI=1S/C41H48ClF4N5O8S/c1-23-7-5-6-8-25-19-40(25,36(55)49-60(56,57)39(22-43)11-12-39)20-32(52)31-17-27(58-34-29-16-26(42)9-10-30(29)50-14-13-47-37(50)48-34)21-51(31)35(54)28(24(2)15-23)18-33(53)59-38(3,4)41(44,45)46/h6,8-10,13-14,16,23-25,27-28,31H,5,7,11-12,15,17-22H2,1-4H3,(H,49,55)/b8-6-/t23-,24-,25-,27-,28+,31+,40-/m1/s1. The second kappa shape index (κ2) is 15.9. The third-order valence-electron chi connectivity index (χ3n) is 12.8. The number of hydrogen-bond donors (Lipinski definition) is 1. The molecule has 4 aliphatic rings. The lowest BCUT2D eigenvalue weighted by molar-refractivity contribution is -0.257. The number of sulfonamides is 1. The monoisotopic (exact) mass is 881 g/mol. The number of carbonyl (C=O) groups excluding carboxylic acids is 4. The van der Waals surface area contributed by atoms with Crippen LogP contribution in [0, 0.1) is 29.1 Å². The van der Waals surface area contributed by atoms with Crippen LogP contribution in [0.1, 0.15) is 85.5 Å². The van der Waals surface area contributed by atoms with Crippen molar-refractivity contribution in [3.8, 4) is 5.88 Å². The second-order valence-corrected chi connectivity index (χ2v) is 20.1. The number of alkyl halides is 4. The summed E-state index contributed by atoms with van der Waals surface area (Å²) in [5.74, 6) is -5.41. The fraction of sp³-hybridized carbons (Fsp3) is 0.610. The number of nitrogens with zero attached hydrogens (tertiary/aromatic N) is 4. The zero-order valence-corrected chi connectivity index (χ0v) is 35.2. The van der Waals surface area contributed by atoms with E-state index in [-0.39, 0.29) is 44.0 Å². The summed E-state index contributed by atoms with van der Waals surface area (Å²) in [6, 6.07) is 3.81. The first-order chi connectivity index (χ1) is 28.1. The van der Waals surface area contributed by atoms with Crippen LogP contribution in [0.5, 0.6) is 5.88 Å². The highest BCUT2D eigenvalue weighted by Gasteiger charge is 2.63. The zero-order chi connectivity index (χ0) is 43.6. The van der Waals surface area contributed by atoms with E-state index in [2.05, 4.69) is 14.7 Å². The molecule has 2 saturated carbocycles. The highest BCUT2D eigenvalue weighted by atomic mass is 35.5. The van der Waals surface area contributed by atoms with E-state index in [1.165, 1.54) is 4.90 Å². The molecule has 1 N–H and O–H groups in total. The van der Waals surface area contributed by atoms with Gasteiger partial charge in [0.05, 0.1) is 41.2 Å². The molecule has 0 radical (unpaired) electrons. The van der Waals surface area contributed by atoms with Gasteiger partial charge in [0.15, 0.2) is 5.78 Å². The van der Waals surface area contributed by atoms with Gasteiger partial charge in [-0.1, -0.05) is 37.6 Å². The fourth-order valence-electron chi connectivity index (χ4n) is 8.66. The number of esters is 1. The Bertz CT molecular complexity index is 2350. The third kappa shape index (κ3) is 8.34. The van der Waals surface area contributed by atoms with Crippen molar-refractivity contribution in [2.45, 2.75) is 114 Å². The molecule has 3 fully saturated rings. The van der Waals surface area contributed by atoms with Crippen molar-refractivity contribution in [3.63, 3.8) is 0 Å². The van der Waals surface area contributed by atoms with Crippen LogP contribution in [-0.2, 0) is 33.9 Å². The first kappa shape index (κ1) is 43.8. The molecule has 19 heteroatoms. The van der Waals surface area contributed by atoms with Crippen molar-refractivity contribution in [1.29, 1.82) is 0 Å². The Morgan fingerprint density at radius 3 is 2.53 bits per heavy atom. The molecule has 1 aromatic carbocycles. The lowest BCUT2D eigenvalue weighted by Crippen LogP contribution is -2.49. The quantitative estimate of drug-likeness (QED) is 0.139. The van der Waals surface area contributed by atoms with Gasteiger partial charge in [0.1, 0.15) is 17.5 Å². The maximum Gasteiger partial charge on any atom is 0.427 e. The molecule has 0 spiro atoms. The molecule has 3 aromatic rings. The summed E-state index contributed by atoms with van der Waals surface area (Å²) in [7, 11) is -4.43. The minimum Gasteiger partial charge on any atom is -0.472 e. The molecule has 60 heavy (non-hydrogen) atoms. The SMILES string of the molecule is C[C@@H]1CC/C=C\[C@@H]2C[C@@]2(C(=O)NS(=O)(=O)C2(CF)CC2)CC(=O)[C@@H]2C[C@@H](Oc3nc4nccn4c4ccc(Cl)cc34)CN2C(=O)[C@@H](CC(=O)OC(C)(C)C(F)(F)F)[C@H](C)C1. The van der Waals surface area contributed by atoms with E-state index in [0.29, 0.717) is 41.0 Å². The summed E-state index contributed by atoms with van der Waals surface area (Å²) in [6.45, 7) is 3.73. The van der Waals surface area contributed by atoms with Crippen molar-refractivity contribution in [1.82, 2.24) is 24.0 Å². The molecule has 1 saturated heterocycles. The highest BCUT2D eigenvalue weighted by molar-refractivity contribution is 7.91. The first-order valence-corrected chi connectivity index (χ1v) is 22.0. The minimum absolute atomic E-state index is 0.0311. The molecule has 4 heterocycles. The average Bonchev–Trinajstić information content (AvgIpc) is 4.00. The third-order valence-corrected chi connectivity index (χ3v) is 15.1. The van der Waals surface area contributed by atoms with Crippen LogP contribution < -0.4 is 9.46 Å². The smallest absolute Gasteiger partial charge is 0.427 e. The summed E-state index contributed by atoms with van der Waals surface area (Å²) >= 11 is 6.38. The lowest BCUT2D eigenvalue weighted by Gasteiger charge is -2.33. The normalized spacial score (nSPS) is 29.2. The summed E-state index contributed by atoms with van der Waals surface area (Å²) in [6.07, 6.45) is 1.55. The van der Waals surface area contributed by atoms with Crippen molar-refractivity contribution < 1.29 is 54.6 Å². The highest BCUT2D eigenvalue weighted by Crippen LogP contribution is 2.58. The van der Waals surface area contributed by atoms with Gasteiger partial charge in [-0.15, -0.1) is 0 Å². The van der Waals surface area contributed by atoms with E-state index in [1.54, 1.807) is 48.0 Å². The van der Waals surface area contributed by atoms with E-state index in [9.17, 15) is 45.2 Å². The van der Waals surface area contributed by atoms with Gasteiger partial charge in [-0.25, -0.2) is 17.8 Å². The number of ether oxygens (including phenoxy) is 2. The maximum absolute atomic E-state index is 14.9. The number of carbonyl (C=O) groups is 4. The van der Waals surface area contributed by atoms with Crippen molar-refractivity contribution in [3.05, 3.63) is 47.8 Å². The second-order valence-electron chi connectivity index (χ2n) is 17.6. The number of benzene rings is 1. The number of imidazole rings is 1. The van der Waals surface area contributed by atoms with Gasteiger partial charge in [-0.05, 0) is 88.3 Å². The Hall–Kier alpha value is -4.32. The molecule has 326 valence electrons. The maximum atomic E-state index is 14.9. The van der Waals surface area contributed by atoms with Crippen LogP contribution in [-0.4, -0.2) is 93.1 Å². The van der Waals surface area contributed by atoms with E-state index >= 15 is 0 Å². The van der Waals surface area contributed by atoms with E-state index in [1.807, 2.05) is 13.0 Å². The van der Waals surface area contributed by atoms with Gasteiger partial charge >= 0.3 is 12.1 Å². The van der Waals surface area contributed by atoms with E-state index < -0.39 is 105 Å². The average molecular weight is 882 g/mol. The lowest BCUT2D eigenvalue weighted by atomic mass is 9.82. The first-order valence-electron chi connectivity index (χ1n) is 20.1. The zero-order valence-electron chi connectivity index (χ0n) is 33.6. The predicted octanol–water partition coefficient (Wildman–Crippen LogP) is 6.70. The fourth-order valence-corrected chi connectivity index (χ4v) is 10.3. The Morgan fingerprint density at radius 2 is 1.85 bits per heavy atom. The van der Waals surface area contributed by atoms with Crippen molar-refractivity contribution in [2.75, 3.05) is 13.2 Å². The summed E-state index contributed by atoms with van der Waals surface area (Å²) < 4.78 is 95.2. The predicted molar refractivity (Wildman–Crippen MR) is 211 cm³/mol. The molecule has 13 nitrogen and oxygen atoms in total. The number of Topliss-reactive ketones (excluding diaryl/α,β-unsaturated/α-hetero) is 1. The molecule has 2 aromatic heterocycles. The van der Waals surface area contributed by atoms with Crippen LogP contribution in [0.25, 0.3) is 16.7 Å². The molecule has 7 atom stereocenters. The number of nitrogens with one attached hydrogen (secondary N) is 1. The number of allylic oxidation sites excluding steroid dienone is 2. The largest absolute Gasteiger partial charge is 0.472 e. The van der Waals surface area contributed by atoms with Crippen molar-refractivity contribution in [2.24, 2.45) is 29.1 Å². The summed E-state index contributed by atoms with van der Waals surface area (Å²) in [5, 5.41) is 0.874. The summed E-state index contributed by atoms with van der Waals surface area (Å²) in [5.41, 5.74) is -3.72. The Morgan fingerprint density at radius 1 is 1.12 bits per heavy atom. The van der Waals surface area contributed by atoms with Gasteiger partial charge in [0.2, 0.25) is 39.1 Å².